The summed E-state index contributed by atoms with van der Waals surface area (Å²) in [5, 5.41) is 13.1. The molecule has 0 saturated heterocycles. The van der Waals surface area contributed by atoms with Gasteiger partial charge >= 0.3 is 0 Å². The number of aliphatic imine (C=N–C) groups is 1. The van der Waals surface area contributed by atoms with Crippen molar-refractivity contribution in [1.29, 1.82) is 0 Å². The summed E-state index contributed by atoms with van der Waals surface area (Å²) >= 11 is 0. The van der Waals surface area contributed by atoms with Gasteiger partial charge in [-0.1, -0.05) is 24.3 Å². The molecule has 0 spiro atoms. The number of hydrogen-bond donors (Lipinski definition) is 2. The quantitative estimate of drug-likeness (QED) is 0.567. The predicted octanol–water partition coefficient (Wildman–Crippen LogP) is 4.13. The second-order valence-electron chi connectivity index (χ2n) is 6.94. The molecule has 3 heterocycles. The number of aliphatic hydroxyl groups is 1. The van der Waals surface area contributed by atoms with Crippen molar-refractivity contribution >= 4 is 23.4 Å². The third-order valence-corrected chi connectivity index (χ3v) is 4.96. The molecule has 2 N–H and O–H groups in total. The van der Waals surface area contributed by atoms with E-state index >= 15 is 0 Å². The highest BCUT2D eigenvalue weighted by Gasteiger charge is 2.13. The van der Waals surface area contributed by atoms with E-state index in [-0.39, 0.29) is 0 Å². The van der Waals surface area contributed by atoms with E-state index < -0.39 is 6.10 Å². The van der Waals surface area contributed by atoms with Crippen molar-refractivity contribution in [3.63, 3.8) is 0 Å². The minimum absolute atomic E-state index is 0.488. The molecule has 0 fully saturated rings. The van der Waals surface area contributed by atoms with E-state index in [0.717, 1.165) is 34.7 Å². The van der Waals surface area contributed by atoms with Gasteiger partial charge in [-0.2, -0.15) is 0 Å². The van der Waals surface area contributed by atoms with Crippen molar-refractivity contribution in [2.24, 2.45) is 4.99 Å². The fourth-order valence-corrected chi connectivity index (χ4v) is 3.41. The Labute approximate surface area is 162 Å². The minimum atomic E-state index is -0.488. The molecule has 6 heteroatoms. The largest absolute Gasteiger partial charge is 0.389 e. The molecule has 0 saturated carbocycles. The third-order valence-electron chi connectivity index (χ3n) is 4.96. The monoisotopic (exact) mass is 369 g/mol. The Balaban J connectivity index is 1.54. The van der Waals surface area contributed by atoms with Crippen molar-refractivity contribution in [3.05, 3.63) is 77.7 Å². The Morgan fingerprint density at radius 3 is 2.82 bits per heavy atom. The normalized spacial score (nSPS) is 13.6. The van der Waals surface area contributed by atoms with Crippen molar-refractivity contribution < 1.29 is 5.11 Å². The Morgan fingerprint density at radius 2 is 2.00 bits per heavy atom. The smallest absolute Gasteiger partial charge is 0.180 e. The molecule has 0 aliphatic carbocycles. The van der Waals surface area contributed by atoms with Crippen LogP contribution in [-0.2, 0) is 6.54 Å². The molecule has 0 bridgehead atoms. The highest BCUT2D eigenvalue weighted by atomic mass is 16.3. The van der Waals surface area contributed by atoms with E-state index in [1.807, 2.05) is 47.3 Å². The van der Waals surface area contributed by atoms with Crippen LogP contribution in [0.5, 0.6) is 0 Å². The second-order valence-corrected chi connectivity index (χ2v) is 6.94. The molecule has 1 unspecified atom stereocenters. The maximum atomic E-state index is 9.69. The molecule has 1 aliphatic heterocycles. The van der Waals surface area contributed by atoms with Gasteiger partial charge < -0.3 is 14.8 Å². The van der Waals surface area contributed by atoms with Crippen molar-refractivity contribution in [2.45, 2.75) is 19.6 Å². The van der Waals surface area contributed by atoms with Crippen LogP contribution in [-0.4, -0.2) is 25.7 Å². The topological polar surface area (TPSA) is 74.8 Å². The maximum absolute atomic E-state index is 9.69. The number of aromatic nitrogens is 3. The lowest BCUT2D eigenvalue weighted by Gasteiger charge is -2.12. The number of benzene rings is 2. The summed E-state index contributed by atoms with van der Waals surface area (Å²) in [5.41, 5.74) is 6.82. The van der Waals surface area contributed by atoms with E-state index in [0.29, 0.717) is 5.82 Å². The average Bonchev–Trinajstić information content (AvgIpc) is 3.37. The molecule has 4 aromatic rings. The molecule has 28 heavy (non-hydrogen) atoms. The van der Waals surface area contributed by atoms with Crippen LogP contribution in [0.25, 0.3) is 16.9 Å². The van der Waals surface area contributed by atoms with Crippen LogP contribution in [0.1, 0.15) is 29.7 Å². The molecule has 5 rings (SSSR count). The number of rotatable bonds is 4. The van der Waals surface area contributed by atoms with Crippen LogP contribution in [0, 0.1) is 0 Å². The van der Waals surface area contributed by atoms with Gasteiger partial charge in [0, 0.05) is 36.1 Å². The summed E-state index contributed by atoms with van der Waals surface area (Å²) in [7, 11) is 0. The lowest BCUT2D eigenvalue weighted by atomic mass is 10.0. The van der Waals surface area contributed by atoms with E-state index in [2.05, 4.69) is 33.5 Å². The van der Waals surface area contributed by atoms with Gasteiger partial charge in [0.15, 0.2) is 11.5 Å². The first-order valence-corrected chi connectivity index (χ1v) is 9.19. The Hall–Kier alpha value is -3.51. The zero-order valence-electron chi connectivity index (χ0n) is 15.4. The van der Waals surface area contributed by atoms with Gasteiger partial charge in [-0.3, -0.25) is 4.99 Å². The van der Waals surface area contributed by atoms with Gasteiger partial charge in [0.25, 0.3) is 0 Å². The third kappa shape index (κ3) is 2.93. The number of imidazole rings is 1. The Kier molecular flexibility index (Phi) is 3.91. The summed E-state index contributed by atoms with van der Waals surface area (Å²) in [6.07, 6.45) is 7.09. The average molecular weight is 369 g/mol. The van der Waals surface area contributed by atoms with Crippen LogP contribution in [0.3, 0.4) is 0 Å². The van der Waals surface area contributed by atoms with Crippen molar-refractivity contribution in [3.8, 4) is 11.3 Å². The lowest BCUT2D eigenvalue weighted by Crippen LogP contribution is -2.01. The molecular formula is C22H19N5O. The molecule has 2 aromatic heterocycles. The van der Waals surface area contributed by atoms with Crippen LogP contribution in [0.15, 0.2) is 66.0 Å². The number of anilines is 2. The maximum Gasteiger partial charge on any atom is 0.180 e. The zero-order chi connectivity index (χ0) is 19.1. The highest BCUT2D eigenvalue weighted by Crippen LogP contribution is 2.27. The first kappa shape index (κ1) is 16.6. The summed E-state index contributed by atoms with van der Waals surface area (Å²) in [4.78, 5) is 13.6. The van der Waals surface area contributed by atoms with Gasteiger partial charge in [-0.05, 0) is 41.8 Å². The van der Waals surface area contributed by atoms with Gasteiger partial charge in [-0.25, -0.2) is 9.97 Å². The molecule has 0 amide bonds. The fraction of sp³-hybridized carbons (Fsp3) is 0.136. The van der Waals surface area contributed by atoms with E-state index in [4.69, 9.17) is 4.98 Å². The molecule has 1 aliphatic rings. The summed E-state index contributed by atoms with van der Waals surface area (Å²) in [6, 6.07) is 14.0. The molecule has 2 aromatic carbocycles. The van der Waals surface area contributed by atoms with E-state index in [1.54, 1.807) is 13.1 Å². The number of nitrogens with one attached hydrogen (secondary N) is 1. The fourth-order valence-electron chi connectivity index (χ4n) is 3.41. The number of hydrogen-bond acceptors (Lipinski definition) is 5. The minimum Gasteiger partial charge on any atom is -0.389 e. The predicted molar refractivity (Wildman–Crippen MR) is 110 cm³/mol. The molecule has 1 atom stereocenters. The van der Waals surface area contributed by atoms with Gasteiger partial charge in [-0.15, -0.1) is 0 Å². The standard InChI is InChI=1S/C22H19N5O/c1-14(28)15-4-6-19(7-5-15)25-21-22-24-8-9-27(22)13-20(26-21)16-2-3-17-11-23-12-18(17)10-16/h2-11,13-14,28H,12H2,1H3,(H,25,26). The van der Waals surface area contributed by atoms with Crippen molar-refractivity contribution in [1.82, 2.24) is 14.4 Å². The summed E-state index contributed by atoms with van der Waals surface area (Å²) in [6.45, 7) is 2.47. The lowest BCUT2D eigenvalue weighted by molar-refractivity contribution is 0.199. The first-order valence-electron chi connectivity index (χ1n) is 9.19. The highest BCUT2D eigenvalue weighted by molar-refractivity contribution is 5.86. The molecular weight excluding hydrogens is 350 g/mol. The molecule has 138 valence electrons. The van der Waals surface area contributed by atoms with Gasteiger partial charge in [0.05, 0.1) is 18.3 Å². The Morgan fingerprint density at radius 1 is 1.14 bits per heavy atom. The second kappa shape index (κ2) is 6.58. The zero-order valence-corrected chi connectivity index (χ0v) is 15.4. The first-order chi connectivity index (χ1) is 13.7. The molecule has 0 radical (unpaired) electrons. The van der Waals surface area contributed by atoms with E-state index in [9.17, 15) is 5.11 Å². The van der Waals surface area contributed by atoms with Gasteiger partial charge in [0.2, 0.25) is 0 Å². The number of fused-ring (bicyclic) bond motifs is 2. The SMILES string of the molecule is CC(O)c1ccc(Nc2nc(-c3ccc4c(c3)CN=C4)cn3ccnc23)cc1. The Bertz CT molecular complexity index is 1190. The van der Waals surface area contributed by atoms with Crippen LogP contribution in [0.4, 0.5) is 11.5 Å². The van der Waals surface area contributed by atoms with Crippen LogP contribution >= 0.6 is 0 Å². The van der Waals surface area contributed by atoms with Crippen LogP contribution in [0.2, 0.25) is 0 Å². The van der Waals surface area contributed by atoms with Crippen molar-refractivity contribution in [2.75, 3.05) is 5.32 Å². The number of nitrogens with zero attached hydrogens (tertiary/aromatic N) is 4. The summed E-state index contributed by atoms with van der Waals surface area (Å²) in [5.74, 6) is 0.684. The molecule has 6 nitrogen and oxygen atoms in total. The number of aliphatic hydroxyl groups excluding tert-OH is 1. The van der Waals surface area contributed by atoms with Gasteiger partial charge in [0.1, 0.15) is 0 Å². The van der Waals surface area contributed by atoms with Crippen LogP contribution < -0.4 is 5.32 Å². The summed E-state index contributed by atoms with van der Waals surface area (Å²) < 4.78 is 1.97. The van der Waals surface area contributed by atoms with E-state index in [1.165, 1.54) is 11.1 Å².